The van der Waals surface area contributed by atoms with Crippen molar-refractivity contribution in [1.82, 2.24) is 0 Å². The van der Waals surface area contributed by atoms with Gasteiger partial charge in [0.05, 0.1) is 0 Å². The van der Waals surface area contributed by atoms with Crippen LogP contribution >= 0.6 is 0 Å². The van der Waals surface area contributed by atoms with E-state index in [0.29, 0.717) is 0 Å². The van der Waals surface area contributed by atoms with Crippen LogP contribution in [-0.2, 0) is 5.48 Å². The summed E-state index contributed by atoms with van der Waals surface area (Å²) in [5.41, 5.74) is 2.25. The number of rotatable bonds is 0. The zero-order valence-electron chi connectivity index (χ0n) is 2.32. The van der Waals surface area contributed by atoms with Gasteiger partial charge in [-0.25, -0.2) is 0 Å². The Morgan fingerprint density at radius 1 is 1.25 bits per heavy atom. The summed E-state index contributed by atoms with van der Waals surface area (Å²) in [5.74, 6) is 0. The van der Waals surface area contributed by atoms with E-state index in [4.69, 9.17) is 0 Å². The van der Waals surface area contributed by atoms with Crippen LogP contribution in [0.3, 0.4) is 0 Å². The van der Waals surface area contributed by atoms with Gasteiger partial charge in [-0.15, -0.1) is 5.73 Å². The molecule has 0 fully saturated rings. The molecule has 0 saturated carbocycles. The van der Waals surface area contributed by atoms with E-state index in [1.807, 2.05) is 0 Å². The first-order chi connectivity index (χ1) is 1.41. The second-order valence-corrected chi connectivity index (χ2v) is 0.250. The van der Waals surface area contributed by atoms with Crippen molar-refractivity contribution in [3.05, 3.63) is 18.9 Å². The van der Waals surface area contributed by atoms with Crippen molar-refractivity contribution in [3.8, 4) is 0 Å². The van der Waals surface area contributed by atoms with Crippen molar-refractivity contribution in [2.24, 2.45) is 0 Å². The van der Waals surface area contributed by atoms with Gasteiger partial charge in [-0.1, -0.05) is 13.2 Å². The summed E-state index contributed by atoms with van der Waals surface area (Å²) in [7, 11) is 0. The van der Waals surface area contributed by atoms with E-state index < -0.39 is 0 Å². The van der Waals surface area contributed by atoms with Crippen LogP contribution in [0.1, 0.15) is 0 Å². The van der Waals surface area contributed by atoms with Gasteiger partial charge >= 0.3 is 0 Å². The number of hydrogen-bond donors (Lipinski definition) is 0. The SMILES string of the molecule is C=C=C.[O]. The molecular weight excluding hydrogens is 52.0 g/mol. The van der Waals surface area contributed by atoms with Crippen LogP contribution in [-0.4, -0.2) is 0 Å². The highest BCUT2D eigenvalue weighted by atomic mass is 16.0. The molecule has 0 unspecified atom stereocenters. The summed E-state index contributed by atoms with van der Waals surface area (Å²) < 4.78 is 0. The Morgan fingerprint density at radius 2 is 1.25 bits per heavy atom. The van der Waals surface area contributed by atoms with Crippen LogP contribution in [0.4, 0.5) is 0 Å². The highest BCUT2D eigenvalue weighted by Crippen LogP contribution is 1.16. The van der Waals surface area contributed by atoms with E-state index in [2.05, 4.69) is 18.9 Å². The smallest absolute Gasteiger partial charge is 0 e. The molecule has 0 atom stereocenters. The molecule has 0 aliphatic heterocycles. The monoisotopic (exact) mass is 56.0 g/mol. The fourth-order valence-corrected chi connectivity index (χ4v) is 0. The first-order valence-corrected chi connectivity index (χ1v) is 0.707. The molecule has 22 valence electrons. The quantitative estimate of drug-likeness (QED) is 0.368. The minimum Gasteiger partial charge on any atom is -0.137 e. The Bertz CT molecular complexity index is 24.3. The zero-order chi connectivity index (χ0) is 2.71. The lowest BCUT2D eigenvalue weighted by atomic mass is 11.0. The number of hydrogen-bond acceptors (Lipinski definition) is 0. The van der Waals surface area contributed by atoms with Gasteiger partial charge in [0.25, 0.3) is 0 Å². The molecular formula is C3H4O. The molecule has 0 spiro atoms. The van der Waals surface area contributed by atoms with Gasteiger partial charge in [0.1, 0.15) is 0 Å². The molecule has 0 aromatic heterocycles. The minimum absolute atomic E-state index is 0. The van der Waals surface area contributed by atoms with Gasteiger partial charge in [0, 0.05) is 5.48 Å². The van der Waals surface area contributed by atoms with Gasteiger partial charge in [-0.3, -0.25) is 0 Å². The largest absolute Gasteiger partial charge is 0.137 e. The van der Waals surface area contributed by atoms with Crippen LogP contribution in [0.25, 0.3) is 0 Å². The summed E-state index contributed by atoms with van der Waals surface area (Å²) in [4.78, 5) is 0. The predicted molar refractivity (Wildman–Crippen MR) is 15.5 cm³/mol. The highest BCUT2D eigenvalue weighted by Gasteiger charge is 0.904. The van der Waals surface area contributed by atoms with Gasteiger partial charge in [-0.2, -0.15) is 0 Å². The molecule has 0 aromatic rings. The maximum absolute atomic E-state index is 3.12. The third-order valence-corrected chi connectivity index (χ3v) is 0. The molecule has 0 aliphatic carbocycles. The van der Waals surface area contributed by atoms with E-state index in [1.54, 1.807) is 0 Å². The maximum Gasteiger partial charge on any atom is 0 e. The molecule has 0 amide bonds. The van der Waals surface area contributed by atoms with Gasteiger partial charge in [0.2, 0.25) is 0 Å². The normalized spacial score (nSPS) is 2.00. The third-order valence-electron chi connectivity index (χ3n) is 0. The summed E-state index contributed by atoms with van der Waals surface area (Å²) in [6.45, 7) is 6.25. The van der Waals surface area contributed by atoms with Crippen molar-refractivity contribution in [2.75, 3.05) is 0 Å². The van der Waals surface area contributed by atoms with E-state index >= 15 is 0 Å². The lowest BCUT2D eigenvalue weighted by molar-refractivity contribution is 0.686. The Balaban J connectivity index is 0. The molecule has 0 saturated heterocycles. The van der Waals surface area contributed by atoms with E-state index in [1.165, 1.54) is 0 Å². The third kappa shape index (κ3) is 1.26. The molecule has 0 N–H and O–H groups in total. The fraction of sp³-hybridized carbons (Fsp3) is 0. The standard InChI is InChI=1S/C3H4.O/c1-3-2;/h1-2H2;. The molecule has 1 heteroatoms. The lowest BCUT2D eigenvalue weighted by Crippen LogP contribution is -0.844. The van der Waals surface area contributed by atoms with Crippen LogP contribution in [0.2, 0.25) is 0 Å². The van der Waals surface area contributed by atoms with E-state index in [9.17, 15) is 0 Å². The van der Waals surface area contributed by atoms with Crippen molar-refractivity contribution < 1.29 is 5.48 Å². The van der Waals surface area contributed by atoms with Crippen LogP contribution in [0.5, 0.6) is 0 Å². The van der Waals surface area contributed by atoms with E-state index in [-0.39, 0.29) is 5.48 Å². The van der Waals surface area contributed by atoms with Gasteiger partial charge in [-0.05, 0) is 0 Å². The average molecular weight is 56.1 g/mol. The van der Waals surface area contributed by atoms with Crippen LogP contribution in [0, 0.1) is 0 Å². The molecule has 0 bridgehead atoms. The summed E-state index contributed by atoms with van der Waals surface area (Å²) in [5, 5.41) is 0. The second kappa shape index (κ2) is 23.6. The topological polar surface area (TPSA) is 28.5 Å². The molecule has 1 nitrogen and oxygen atoms in total. The van der Waals surface area contributed by atoms with Crippen molar-refractivity contribution in [2.45, 2.75) is 0 Å². The van der Waals surface area contributed by atoms with E-state index in [0.717, 1.165) is 0 Å². The molecule has 0 aliphatic rings. The molecule has 4 heavy (non-hydrogen) atoms. The van der Waals surface area contributed by atoms with Gasteiger partial charge in [0.15, 0.2) is 0 Å². The molecule has 0 aromatic carbocycles. The zero-order valence-corrected chi connectivity index (χ0v) is 2.32. The van der Waals surface area contributed by atoms with Crippen molar-refractivity contribution >= 4 is 0 Å². The Hall–Kier alpha value is -0.520. The second-order valence-electron chi connectivity index (χ2n) is 0.250. The first kappa shape index (κ1) is 9.77. The van der Waals surface area contributed by atoms with Gasteiger partial charge < -0.3 is 0 Å². The highest BCUT2D eigenvalue weighted by molar-refractivity contribution is 4.51. The lowest BCUT2D eigenvalue weighted by Gasteiger charge is -1.10. The average Bonchev–Trinajstić information content (AvgIpc) is 0.918. The minimum atomic E-state index is 0. The summed E-state index contributed by atoms with van der Waals surface area (Å²) >= 11 is 0. The predicted octanol–water partition coefficient (Wildman–Crippen LogP) is 0.838. The Morgan fingerprint density at radius 3 is 1.25 bits per heavy atom. The Labute approximate surface area is 25.6 Å². The molecule has 2 radical (unpaired) electrons. The van der Waals surface area contributed by atoms with Crippen LogP contribution in [0.15, 0.2) is 18.9 Å². The van der Waals surface area contributed by atoms with Crippen molar-refractivity contribution in [3.63, 3.8) is 0 Å². The van der Waals surface area contributed by atoms with Crippen molar-refractivity contribution in [1.29, 1.82) is 0 Å². The summed E-state index contributed by atoms with van der Waals surface area (Å²) in [6.07, 6.45) is 0. The first-order valence-electron chi connectivity index (χ1n) is 0.707. The Kier molecular flexibility index (Phi) is 57.6. The fourth-order valence-electron chi connectivity index (χ4n) is 0. The summed E-state index contributed by atoms with van der Waals surface area (Å²) in [6, 6.07) is 0. The van der Waals surface area contributed by atoms with Crippen LogP contribution < -0.4 is 0 Å². The molecule has 0 heterocycles. The molecule has 0 rings (SSSR count). The maximum atomic E-state index is 3.12.